The topological polar surface area (TPSA) is 25.4 Å². The maximum atomic E-state index is 5.77. The third-order valence-corrected chi connectivity index (χ3v) is 4.01. The van der Waals surface area contributed by atoms with E-state index in [-0.39, 0.29) is 6.10 Å². The third-order valence-electron chi connectivity index (χ3n) is 2.53. The molecule has 84 valence electrons. The van der Waals surface area contributed by atoms with Gasteiger partial charge < -0.3 is 9.64 Å². The molecule has 0 radical (unpaired) electrons. The van der Waals surface area contributed by atoms with Crippen LogP contribution in [0, 0.1) is 0 Å². The number of aromatic nitrogens is 1. The van der Waals surface area contributed by atoms with Crippen LogP contribution in [0.15, 0.2) is 6.20 Å². The highest BCUT2D eigenvalue weighted by Crippen LogP contribution is 2.27. The van der Waals surface area contributed by atoms with Crippen molar-refractivity contribution in [3.63, 3.8) is 0 Å². The summed E-state index contributed by atoms with van der Waals surface area (Å²) in [6, 6.07) is 0.399. The molecule has 1 aliphatic heterocycles. The molecule has 3 nitrogen and oxygen atoms in total. The molecule has 1 saturated heterocycles. The highest BCUT2D eigenvalue weighted by Gasteiger charge is 2.25. The minimum Gasteiger partial charge on any atom is -0.375 e. The Kier molecular flexibility index (Phi) is 3.49. The first-order valence-electron chi connectivity index (χ1n) is 5.09. The molecular weight excluding hydrogens is 232 g/mol. The monoisotopic (exact) mass is 246 g/mol. The van der Waals surface area contributed by atoms with Crippen LogP contribution < -0.4 is 4.90 Å². The molecule has 1 aromatic heterocycles. The molecule has 2 rings (SSSR count). The summed E-state index contributed by atoms with van der Waals surface area (Å²) in [7, 11) is 0. The first-order chi connectivity index (χ1) is 7.20. The maximum Gasteiger partial charge on any atom is 0.185 e. The molecule has 0 N–H and O–H groups in total. The first-order valence-corrected chi connectivity index (χ1v) is 6.44. The van der Waals surface area contributed by atoms with Crippen molar-refractivity contribution in [3.8, 4) is 0 Å². The second-order valence-electron chi connectivity index (χ2n) is 3.89. The predicted molar refractivity (Wildman–Crippen MR) is 63.9 cm³/mol. The Balaban J connectivity index is 2.13. The number of ether oxygens (including phenoxy) is 1. The van der Waals surface area contributed by atoms with Crippen LogP contribution in [-0.2, 0) is 10.6 Å². The Morgan fingerprint density at radius 3 is 3.13 bits per heavy atom. The lowest BCUT2D eigenvalue weighted by molar-refractivity contribution is 0.0343. The largest absolute Gasteiger partial charge is 0.375 e. The lowest BCUT2D eigenvalue weighted by Crippen LogP contribution is -2.47. The molecule has 2 heterocycles. The van der Waals surface area contributed by atoms with E-state index in [1.165, 1.54) is 0 Å². The zero-order valence-electron chi connectivity index (χ0n) is 8.94. The van der Waals surface area contributed by atoms with Gasteiger partial charge in [-0.1, -0.05) is 0 Å². The molecule has 0 aromatic carbocycles. The highest BCUT2D eigenvalue weighted by molar-refractivity contribution is 7.15. The summed E-state index contributed by atoms with van der Waals surface area (Å²) in [6.07, 6.45) is 2.14. The molecule has 0 bridgehead atoms. The summed E-state index contributed by atoms with van der Waals surface area (Å²) in [5.41, 5.74) is 0. The van der Waals surface area contributed by atoms with Gasteiger partial charge in [-0.3, -0.25) is 0 Å². The van der Waals surface area contributed by atoms with Crippen molar-refractivity contribution in [2.75, 3.05) is 18.1 Å². The van der Waals surface area contributed by atoms with Crippen molar-refractivity contribution in [1.82, 2.24) is 4.98 Å². The number of rotatable bonds is 2. The molecule has 5 heteroatoms. The van der Waals surface area contributed by atoms with Crippen LogP contribution >= 0.6 is 22.9 Å². The number of hydrogen-bond acceptors (Lipinski definition) is 4. The summed E-state index contributed by atoms with van der Waals surface area (Å²) in [4.78, 5) is 7.82. The van der Waals surface area contributed by atoms with Crippen LogP contribution in [0.25, 0.3) is 0 Å². The van der Waals surface area contributed by atoms with Gasteiger partial charge in [0.1, 0.15) is 0 Å². The normalized spacial score (nSPS) is 27.0. The van der Waals surface area contributed by atoms with Crippen molar-refractivity contribution in [3.05, 3.63) is 11.1 Å². The molecule has 0 amide bonds. The molecule has 2 unspecified atom stereocenters. The van der Waals surface area contributed by atoms with E-state index in [2.05, 4.69) is 23.7 Å². The number of morpholine rings is 1. The summed E-state index contributed by atoms with van der Waals surface area (Å²) in [5.74, 6) is 0.548. The first kappa shape index (κ1) is 11.2. The lowest BCUT2D eigenvalue weighted by atomic mass is 10.2. The average molecular weight is 247 g/mol. The van der Waals surface area contributed by atoms with Crippen molar-refractivity contribution in [2.45, 2.75) is 31.9 Å². The SMILES string of the molecule is CC1CN(c2ncc(CCl)s2)C(C)CO1. The molecule has 0 spiro atoms. The summed E-state index contributed by atoms with van der Waals surface area (Å²) >= 11 is 7.44. The van der Waals surface area contributed by atoms with E-state index in [1.54, 1.807) is 11.3 Å². The van der Waals surface area contributed by atoms with Gasteiger partial charge in [-0.15, -0.1) is 22.9 Å². The van der Waals surface area contributed by atoms with E-state index >= 15 is 0 Å². The van der Waals surface area contributed by atoms with Gasteiger partial charge in [-0.05, 0) is 13.8 Å². The Morgan fingerprint density at radius 1 is 1.67 bits per heavy atom. The molecule has 0 aliphatic carbocycles. The van der Waals surface area contributed by atoms with Gasteiger partial charge in [0, 0.05) is 17.6 Å². The molecule has 2 atom stereocenters. The third kappa shape index (κ3) is 2.44. The zero-order chi connectivity index (χ0) is 10.8. The van der Waals surface area contributed by atoms with Crippen LogP contribution in [0.3, 0.4) is 0 Å². The molecule has 15 heavy (non-hydrogen) atoms. The number of hydrogen-bond donors (Lipinski definition) is 0. The number of nitrogens with zero attached hydrogens (tertiary/aromatic N) is 2. The standard InChI is InChI=1S/C10H15ClN2OS/c1-7-6-14-8(2)5-13(7)10-12-4-9(3-11)15-10/h4,7-8H,3,5-6H2,1-2H3. The van der Waals surface area contributed by atoms with Crippen molar-refractivity contribution in [2.24, 2.45) is 0 Å². The van der Waals surface area contributed by atoms with E-state index in [4.69, 9.17) is 16.3 Å². The van der Waals surface area contributed by atoms with Crippen LogP contribution in [0.5, 0.6) is 0 Å². The Morgan fingerprint density at radius 2 is 2.47 bits per heavy atom. The van der Waals surface area contributed by atoms with Gasteiger partial charge in [0.2, 0.25) is 0 Å². The van der Waals surface area contributed by atoms with Gasteiger partial charge in [0.15, 0.2) is 5.13 Å². The molecule has 0 saturated carbocycles. The van der Waals surface area contributed by atoms with E-state index < -0.39 is 0 Å². The average Bonchev–Trinajstić information content (AvgIpc) is 2.70. The van der Waals surface area contributed by atoms with Crippen molar-refractivity contribution >= 4 is 28.1 Å². The van der Waals surface area contributed by atoms with Crippen LogP contribution in [-0.4, -0.2) is 30.3 Å². The van der Waals surface area contributed by atoms with Gasteiger partial charge in [0.05, 0.1) is 24.6 Å². The quantitative estimate of drug-likeness (QED) is 0.750. The number of anilines is 1. The number of thiazole rings is 1. The minimum atomic E-state index is 0.282. The minimum absolute atomic E-state index is 0.282. The number of alkyl halides is 1. The van der Waals surface area contributed by atoms with Gasteiger partial charge >= 0.3 is 0 Å². The van der Waals surface area contributed by atoms with E-state index in [0.29, 0.717) is 11.9 Å². The fourth-order valence-electron chi connectivity index (χ4n) is 1.66. The second kappa shape index (κ2) is 4.68. The Labute approximate surface area is 99.0 Å². The Bertz CT molecular complexity index is 331. The van der Waals surface area contributed by atoms with Crippen LogP contribution in [0.2, 0.25) is 0 Å². The van der Waals surface area contributed by atoms with Crippen molar-refractivity contribution in [1.29, 1.82) is 0 Å². The molecule has 1 fully saturated rings. The summed E-state index contributed by atoms with van der Waals surface area (Å²) < 4.78 is 5.58. The van der Waals surface area contributed by atoms with E-state index in [0.717, 1.165) is 23.2 Å². The summed E-state index contributed by atoms with van der Waals surface area (Å²) in [5, 5.41) is 1.06. The fourth-order valence-corrected chi connectivity index (χ4v) is 2.77. The van der Waals surface area contributed by atoms with Gasteiger partial charge in [-0.2, -0.15) is 0 Å². The lowest BCUT2D eigenvalue weighted by Gasteiger charge is -2.36. The van der Waals surface area contributed by atoms with Gasteiger partial charge in [0.25, 0.3) is 0 Å². The highest BCUT2D eigenvalue weighted by atomic mass is 35.5. The smallest absolute Gasteiger partial charge is 0.185 e. The van der Waals surface area contributed by atoms with Crippen LogP contribution in [0.4, 0.5) is 5.13 Å². The molecule has 1 aliphatic rings. The fraction of sp³-hybridized carbons (Fsp3) is 0.700. The van der Waals surface area contributed by atoms with E-state index in [9.17, 15) is 0 Å². The Hall–Kier alpha value is -0.320. The molecule has 1 aromatic rings. The number of halogens is 1. The predicted octanol–water partition coefficient (Wildman–Crippen LogP) is 2.50. The zero-order valence-corrected chi connectivity index (χ0v) is 10.5. The van der Waals surface area contributed by atoms with Crippen molar-refractivity contribution < 1.29 is 4.74 Å². The summed E-state index contributed by atoms with van der Waals surface area (Å²) in [6.45, 7) is 5.94. The second-order valence-corrected chi connectivity index (χ2v) is 5.25. The molecular formula is C10H15ClN2OS. The maximum absolute atomic E-state index is 5.77. The van der Waals surface area contributed by atoms with Crippen LogP contribution in [0.1, 0.15) is 18.7 Å². The van der Waals surface area contributed by atoms with Gasteiger partial charge in [-0.25, -0.2) is 4.98 Å². The van der Waals surface area contributed by atoms with E-state index in [1.807, 2.05) is 6.20 Å².